The molecule has 0 radical (unpaired) electrons. The van der Waals surface area contributed by atoms with E-state index in [-0.39, 0.29) is 11.9 Å². The Hall–Kier alpha value is -3.88. The van der Waals surface area contributed by atoms with Crippen molar-refractivity contribution in [3.05, 3.63) is 48.7 Å². The minimum absolute atomic E-state index is 0.115. The number of piperazine rings is 1. The molecule has 0 aliphatic carbocycles. The van der Waals surface area contributed by atoms with Crippen LogP contribution in [0.15, 0.2) is 43.1 Å². The van der Waals surface area contributed by atoms with E-state index in [1.807, 2.05) is 37.6 Å². The lowest BCUT2D eigenvalue weighted by Crippen LogP contribution is -2.58. The third-order valence-corrected chi connectivity index (χ3v) is 6.88. The zero-order valence-corrected chi connectivity index (χ0v) is 22.4. The van der Waals surface area contributed by atoms with Gasteiger partial charge in [0.2, 0.25) is 0 Å². The molecule has 1 aliphatic heterocycles. The number of carbonyl (C=O) groups excluding carboxylic acids is 1. The molecule has 4 aromatic rings. The summed E-state index contributed by atoms with van der Waals surface area (Å²) >= 11 is 1.38. The number of anilines is 1. The summed E-state index contributed by atoms with van der Waals surface area (Å²) in [6.07, 6.45) is 6.84. The van der Waals surface area contributed by atoms with E-state index in [0.717, 1.165) is 21.6 Å². The Labute approximate surface area is 220 Å². The number of carbonyl (C=O) groups is 1. The highest BCUT2D eigenvalue weighted by atomic mass is 32.1. The summed E-state index contributed by atoms with van der Waals surface area (Å²) in [5.74, 6) is 1.07. The summed E-state index contributed by atoms with van der Waals surface area (Å²) in [4.78, 5) is 31.2. The first-order chi connectivity index (χ1) is 17.8. The van der Waals surface area contributed by atoms with Crippen LogP contribution in [-0.4, -0.2) is 71.1 Å². The molecule has 1 atom stereocenters. The van der Waals surface area contributed by atoms with Gasteiger partial charge in [-0.15, -0.1) is 0 Å². The van der Waals surface area contributed by atoms with Crippen LogP contribution in [0.2, 0.25) is 0 Å². The third-order valence-electron chi connectivity index (χ3n) is 6.10. The van der Waals surface area contributed by atoms with Gasteiger partial charge in [-0.2, -0.15) is 5.26 Å². The molecule has 1 unspecified atom stereocenters. The van der Waals surface area contributed by atoms with Crippen LogP contribution in [-0.2, 0) is 4.79 Å². The average Bonchev–Trinajstić information content (AvgIpc) is 3.57. The molecular weight excluding hydrogens is 488 g/mol. The molecule has 0 spiro atoms. The van der Waals surface area contributed by atoms with Crippen molar-refractivity contribution >= 4 is 34.3 Å². The van der Waals surface area contributed by atoms with Crippen LogP contribution < -0.4 is 4.90 Å². The van der Waals surface area contributed by atoms with Crippen LogP contribution in [0.1, 0.15) is 40.2 Å². The first kappa shape index (κ1) is 26.2. The van der Waals surface area contributed by atoms with Gasteiger partial charge in [0.15, 0.2) is 5.65 Å². The number of aliphatic hydroxyl groups is 1. The van der Waals surface area contributed by atoms with Gasteiger partial charge in [-0.25, -0.2) is 19.3 Å². The Balaban J connectivity index is 0.00000156. The normalized spacial score (nSPS) is 15.8. The van der Waals surface area contributed by atoms with E-state index in [4.69, 9.17) is 0 Å². The van der Waals surface area contributed by atoms with Crippen molar-refractivity contribution in [1.29, 1.82) is 5.26 Å². The molecule has 1 aliphatic rings. The van der Waals surface area contributed by atoms with Crippen LogP contribution in [0, 0.1) is 11.3 Å². The number of nitriles is 1. The van der Waals surface area contributed by atoms with Gasteiger partial charge in [-0.3, -0.25) is 9.36 Å². The monoisotopic (exact) mass is 518 g/mol. The maximum absolute atomic E-state index is 12.7. The summed E-state index contributed by atoms with van der Waals surface area (Å²) < 4.78 is 6.14. The lowest BCUT2D eigenvalue weighted by molar-refractivity contribution is -0.150. The lowest BCUT2D eigenvalue weighted by Gasteiger charge is -2.42. The minimum Gasteiger partial charge on any atom is -0.381 e. The number of hydrogen-bond acceptors (Lipinski definition) is 9. The summed E-state index contributed by atoms with van der Waals surface area (Å²) in [6.45, 7) is 10.6. The summed E-state index contributed by atoms with van der Waals surface area (Å²) in [6, 6.07) is 7.38. The molecule has 1 N–H and O–H groups in total. The van der Waals surface area contributed by atoms with Crippen molar-refractivity contribution in [3.8, 4) is 22.3 Å². The standard InChI is InChI=1S/C24H24N8O2S.C2H6/c1-15-12-30(8-9-31(15)23(33)24(2,3)34)21-20-17(18-5-7-29-35-18)13-32(22(20)28-14-27-21)19-10-16(11-25)4-6-26-19;1-2/h4-7,10,13-15,34H,8-9,12H2,1-3H3;1-2H3. The van der Waals surface area contributed by atoms with Crippen LogP contribution in [0.5, 0.6) is 0 Å². The summed E-state index contributed by atoms with van der Waals surface area (Å²) in [5, 5.41) is 20.4. The van der Waals surface area contributed by atoms with Crippen LogP contribution >= 0.6 is 11.5 Å². The van der Waals surface area contributed by atoms with Crippen LogP contribution in [0.3, 0.4) is 0 Å². The summed E-state index contributed by atoms with van der Waals surface area (Å²) in [5.41, 5.74) is 0.681. The molecule has 5 heterocycles. The fourth-order valence-corrected chi connectivity index (χ4v) is 5.03. The smallest absolute Gasteiger partial charge is 0.254 e. The lowest BCUT2D eigenvalue weighted by atomic mass is 10.0. The highest BCUT2D eigenvalue weighted by Gasteiger charge is 2.36. The first-order valence-electron chi connectivity index (χ1n) is 12.2. The highest BCUT2D eigenvalue weighted by Crippen LogP contribution is 2.38. The van der Waals surface area contributed by atoms with Crippen molar-refractivity contribution < 1.29 is 9.90 Å². The van der Waals surface area contributed by atoms with Crippen molar-refractivity contribution in [2.45, 2.75) is 46.3 Å². The van der Waals surface area contributed by atoms with Crippen molar-refractivity contribution in [3.63, 3.8) is 0 Å². The van der Waals surface area contributed by atoms with Gasteiger partial charge in [-0.05, 0) is 50.5 Å². The number of nitrogens with zero attached hydrogens (tertiary/aromatic N) is 8. The van der Waals surface area contributed by atoms with Gasteiger partial charge in [0.1, 0.15) is 23.6 Å². The molecule has 192 valence electrons. The molecule has 10 nitrogen and oxygen atoms in total. The topological polar surface area (TPSA) is 124 Å². The fourth-order valence-electron chi connectivity index (χ4n) is 4.42. The number of fused-ring (bicyclic) bond motifs is 1. The van der Waals surface area contributed by atoms with Crippen molar-refractivity contribution in [2.75, 3.05) is 24.5 Å². The Morgan fingerprint density at radius 3 is 2.62 bits per heavy atom. The second-order valence-corrected chi connectivity index (χ2v) is 9.89. The predicted molar refractivity (Wildman–Crippen MR) is 144 cm³/mol. The third kappa shape index (κ3) is 5.03. The highest BCUT2D eigenvalue weighted by molar-refractivity contribution is 7.09. The zero-order chi connectivity index (χ0) is 26.7. The largest absolute Gasteiger partial charge is 0.381 e. The van der Waals surface area contributed by atoms with Gasteiger partial charge in [0.25, 0.3) is 5.91 Å². The molecule has 11 heteroatoms. The van der Waals surface area contributed by atoms with Crippen LogP contribution in [0.25, 0.3) is 27.3 Å². The van der Waals surface area contributed by atoms with Gasteiger partial charge in [0.05, 0.1) is 21.9 Å². The maximum Gasteiger partial charge on any atom is 0.254 e. The fraction of sp³-hybridized carbons (Fsp3) is 0.385. The quantitative estimate of drug-likeness (QED) is 0.434. The molecule has 5 rings (SSSR count). The number of rotatable bonds is 4. The Bertz CT molecular complexity index is 1440. The van der Waals surface area contributed by atoms with E-state index >= 15 is 0 Å². The van der Waals surface area contributed by atoms with Crippen molar-refractivity contribution in [2.24, 2.45) is 0 Å². The number of amides is 1. The molecular formula is C26H30N8O2S. The average molecular weight is 519 g/mol. The SMILES string of the molecule is CC.CC1CN(c2ncnc3c2c(-c2ccns2)cn3-c2cc(C#N)ccn2)CCN1C(=O)C(C)(C)O. The van der Waals surface area contributed by atoms with E-state index in [9.17, 15) is 15.2 Å². The van der Waals surface area contributed by atoms with Crippen LogP contribution in [0.4, 0.5) is 5.82 Å². The maximum atomic E-state index is 12.7. The van der Waals surface area contributed by atoms with E-state index in [0.29, 0.717) is 36.7 Å². The van der Waals surface area contributed by atoms with E-state index in [2.05, 4.69) is 30.3 Å². The van der Waals surface area contributed by atoms with Gasteiger partial charge in [-0.1, -0.05) is 13.8 Å². The molecule has 1 saturated heterocycles. The van der Waals surface area contributed by atoms with Gasteiger partial charge < -0.3 is 14.9 Å². The van der Waals surface area contributed by atoms with E-state index in [1.165, 1.54) is 31.7 Å². The molecule has 1 fully saturated rings. The predicted octanol–water partition coefficient (Wildman–Crippen LogP) is 3.64. The van der Waals surface area contributed by atoms with E-state index in [1.54, 1.807) is 29.4 Å². The zero-order valence-electron chi connectivity index (χ0n) is 21.6. The molecule has 0 saturated carbocycles. The first-order valence-corrected chi connectivity index (χ1v) is 13.0. The molecule has 0 aromatic carbocycles. The Kier molecular flexibility index (Phi) is 7.52. The number of aromatic nitrogens is 5. The second kappa shape index (κ2) is 10.6. The molecule has 4 aromatic heterocycles. The number of pyridine rings is 1. The Morgan fingerprint density at radius 2 is 1.97 bits per heavy atom. The Morgan fingerprint density at radius 1 is 1.19 bits per heavy atom. The second-order valence-electron chi connectivity index (χ2n) is 9.05. The van der Waals surface area contributed by atoms with Gasteiger partial charge in [0, 0.05) is 49.8 Å². The number of hydrogen-bond donors (Lipinski definition) is 1. The molecule has 0 bridgehead atoms. The molecule has 37 heavy (non-hydrogen) atoms. The summed E-state index contributed by atoms with van der Waals surface area (Å²) in [7, 11) is 0. The molecule has 1 amide bonds. The minimum atomic E-state index is -1.42. The van der Waals surface area contributed by atoms with Gasteiger partial charge >= 0.3 is 0 Å². The van der Waals surface area contributed by atoms with E-state index < -0.39 is 5.60 Å². The van der Waals surface area contributed by atoms with Crippen molar-refractivity contribution in [1.82, 2.24) is 28.8 Å².